The third-order valence-corrected chi connectivity index (χ3v) is 8.82. The Bertz CT molecular complexity index is 1720. The molecule has 1 fully saturated rings. The first kappa shape index (κ1) is 30.0. The number of benzene rings is 2. The van der Waals surface area contributed by atoms with Gasteiger partial charge in [-0.3, -0.25) is 9.79 Å². The largest absolute Gasteiger partial charge is 0.404 e. The van der Waals surface area contributed by atoms with Crippen LogP contribution in [0.2, 0.25) is 0 Å². The number of nitrogens with two attached hydrogens (primary N) is 1. The second kappa shape index (κ2) is 12.8. The minimum Gasteiger partial charge on any atom is -0.404 e. The molecule has 2 aromatic heterocycles. The number of aliphatic imine (C=N–C) groups is 1. The Kier molecular flexibility index (Phi) is 8.92. The maximum atomic E-state index is 12.3. The van der Waals surface area contributed by atoms with Crippen LogP contribution in [0.25, 0.3) is 39.0 Å². The van der Waals surface area contributed by atoms with Crippen molar-refractivity contribution in [3.63, 3.8) is 0 Å². The van der Waals surface area contributed by atoms with Crippen LogP contribution in [0.4, 0.5) is 5.69 Å². The van der Waals surface area contributed by atoms with Crippen LogP contribution in [0, 0.1) is 6.92 Å². The molecule has 0 spiro atoms. The summed E-state index contributed by atoms with van der Waals surface area (Å²) in [7, 11) is 3.97. The topological polar surface area (TPSA) is 99.4 Å². The second-order valence-electron chi connectivity index (χ2n) is 11.4. The lowest BCUT2D eigenvalue weighted by molar-refractivity contribution is -0.111. The minimum absolute atomic E-state index is 0.242. The van der Waals surface area contributed by atoms with E-state index < -0.39 is 0 Å². The number of carbonyl (C=O) groups is 1. The van der Waals surface area contributed by atoms with E-state index in [2.05, 4.69) is 71.1 Å². The molecule has 1 amide bonds. The predicted octanol–water partition coefficient (Wildman–Crippen LogP) is 7.09. The molecule has 7 nitrogen and oxygen atoms in total. The van der Waals surface area contributed by atoms with Crippen molar-refractivity contribution in [1.82, 2.24) is 14.9 Å². The third-order valence-electron chi connectivity index (χ3n) is 8.82. The van der Waals surface area contributed by atoms with E-state index in [1.807, 2.05) is 32.2 Å². The number of piperidine rings is 1. The van der Waals surface area contributed by atoms with Crippen LogP contribution in [0.3, 0.4) is 0 Å². The Hall–Kier alpha value is -4.49. The van der Waals surface area contributed by atoms with E-state index in [-0.39, 0.29) is 5.91 Å². The number of H-pyrrole nitrogens is 1. The fourth-order valence-electron chi connectivity index (χ4n) is 6.21. The van der Waals surface area contributed by atoms with Gasteiger partial charge in [0.25, 0.3) is 0 Å². The molecule has 3 heterocycles. The molecule has 0 saturated carbocycles. The van der Waals surface area contributed by atoms with E-state index in [9.17, 15) is 4.79 Å². The van der Waals surface area contributed by atoms with E-state index in [0.717, 1.165) is 86.6 Å². The number of amides is 1. The van der Waals surface area contributed by atoms with E-state index in [0.29, 0.717) is 5.92 Å². The van der Waals surface area contributed by atoms with Gasteiger partial charge in [0, 0.05) is 52.9 Å². The molecule has 222 valence electrons. The molecule has 43 heavy (non-hydrogen) atoms. The van der Waals surface area contributed by atoms with Crippen molar-refractivity contribution in [2.45, 2.75) is 46.0 Å². The van der Waals surface area contributed by atoms with Gasteiger partial charge in [0.2, 0.25) is 5.91 Å². The fraction of sp³-hybridized carbons (Fsp3) is 0.306. The van der Waals surface area contributed by atoms with Crippen LogP contribution in [0.15, 0.2) is 72.5 Å². The Morgan fingerprint density at radius 2 is 1.88 bits per heavy atom. The zero-order chi connectivity index (χ0) is 30.7. The molecule has 4 aromatic rings. The molecule has 2 aromatic carbocycles. The summed E-state index contributed by atoms with van der Waals surface area (Å²) in [4.78, 5) is 27.7. The minimum atomic E-state index is -0.242. The summed E-state index contributed by atoms with van der Waals surface area (Å²) in [5.41, 5.74) is 18.0. The molecule has 0 atom stereocenters. The van der Waals surface area contributed by atoms with Gasteiger partial charge in [-0.1, -0.05) is 49.9 Å². The lowest BCUT2D eigenvalue weighted by Gasteiger charge is -2.29. The number of nitrogens with one attached hydrogen (secondary N) is 2. The number of likely N-dealkylation sites (tertiary alicyclic amines) is 1. The molecule has 1 saturated heterocycles. The van der Waals surface area contributed by atoms with Crippen molar-refractivity contribution in [2.75, 3.05) is 32.5 Å². The summed E-state index contributed by atoms with van der Waals surface area (Å²) in [6.07, 6.45) is 7.94. The van der Waals surface area contributed by atoms with E-state index >= 15 is 0 Å². The number of rotatable bonds is 8. The zero-order valence-electron chi connectivity index (χ0n) is 25.9. The van der Waals surface area contributed by atoms with E-state index in [1.54, 1.807) is 13.2 Å². The van der Waals surface area contributed by atoms with Gasteiger partial charge < -0.3 is 20.9 Å². The number of fused-ring (bicyclic) bond motifs is 1. The van der Waals surface area contributed by atoms with Gasteiger partial charge in [-0.15, -0.1) is 0 Å². The number of aryl methyl sites for hydroxylation is 2. The van der Waals surface area contributed by atoms with Crippen molar-refractivity contribution in [3.05, 3.63) is 89.8 Å². The van der Waals surface area contributed by atoms with Gasteiger partial charge in [-0.05, 0) is 99.1 Å². The first-order valence-electron chi connectivity index (χ1n) is 15.0. The fourth-order valence-corrected chi connectivity index (χ4v) is 6.21. The number of hydrogen-bond acceptors (Lipinski definition) is 5. The number of pyridine rings is 1. The van der Waals surface area contributed by atoms with Crippen molar-refractivity contribution in [3.8, 4) is 22.4 Å². The molecule has 0 radical (unpaired) electrons. The van der Waals surface area contributed by atoms with Crippen LogP contribution >= 0.6 is 0 Å². The van der Waals surface area contributed by atoms with Gasteiger partial charge >= 0.3 is 0 Å². The average Bonchev–Trinajstić information content (AvgIpc) is 3.42. The quantitative estimate of drug-likeness (QED) is 0.154. The molecule has 0 unspecified atom stereocenters. The number of hydrogen-bond donors (Lipinski definition) is 3. The Morgan fingerprint density at radius 1 is 1.19 bits per heavy atom. The number of anilines is 1. The van der Waals surface area contributed by atoms with Gasteiger partial charge in [-0.25, -0.2) is 4.98 Å². The van der Waals surface area contributed by atoms with Crippen molar-refractivity contribution >= 4 is 33.9 Å². The summed E-state index contributed by atoms with van der Waals surface area (Å²) < 4.78 is 0. The standard InChI is InChI=1S/C36H42N6O/c1-7-28-30(29(20-37)23(4)38-5)21-39-36-34(28)33(27-10-9-22(3)31(19-27)40-32(43)8-2)35(41-36)26-13-11-24(12-14-26)25-15-17-42(6)18-16-25/h8-14,19-21,25H,2,7,15-18,37H2,1,3-6H3,(H,39,41)(H,40,43)/b29-20+,38-23?. The van der Waals surface area contributed by atoms with Crippen LogP contribution in [0.5, 0.6) is 0 Å². The monoisotopic (exact) mass is 574 g/mol. The number of allylic oxidation sites excluding steroid dienone is 1. The smallest absolute Gasteiger partial charge is 0.247 e. The van der Waals surface area contributed by atoms with E-state index in [4.69, 9.17) is 10.7 Å². The Morgan fingerprint density at radius 3 is 2.51 bits per heavy atom. The lowest BCUT2D eigenvalue weighted by atomic mass is 9.88. The summed E-state index contributed by atoms with van der Waals surface area (Å²) in [6.45, 7) is 12.0. The van der Waals surface area contributed by atoms with Crippen molar-refractivity contribution in [2.24, 2.45) is 10.7 Å². The highest BCUT2D eigenvalue weighted by molar-refractivity contribution is 6.24. The van der Waals surface area contributed by atoms with Crippen molar-refractivity contribution in [1.29, 1.82) is 0 Å². The highest BCUT2D eigenvalue weighted by atomic mass is 16.1. The molecule has 1 aliphatic heterocycles. The van der Waals surface area contributed by atoms with Gasteiger partial charge in [0.1, 0.15) is 5.65 Å². The summed E-state index contributed by atoms with van der Waals surface area (Å²) in [6, 6.07) is 15.2. The molecule has 4 N–H and O–H groups in total. The second-order valence-corrected chi connectivity index (χ2v) is 11.4. The number of aromatic amines is 1. The Balaban J connectivity index is 1.74. The number of aromatic nitrogens is 2. The number of carbonyl (C=O) groups excluding carboxylic acids is 1. The first-order valence-corrected chi connectivity index (χ1v) is 15.0. The molecule has 0 bridgehead atoms. The SMILES string of the molecule is C=CC(=O)Nc1cc(-c2c(-c3ccc(C4CCN(C)CC4)cc3)[nH]c3ncc(/C(=C/N)C(C)=NC)c(CC)c23)ccc1C. The highest BCUT2D eigenvalue weighted by Crippen LogP contribution is 2.43. The summed E-state index contributed by atoms with van der Waals surface area (Å²) in [5, 5.41) is 4.02. The van der Waals surface area contributed by atoms with Crippen LogP contribution in [-0.2, 0) is 11.2 Å². The molecular formula is C36H42N6O. The molecule has 0 aliphatic carbocycles. The maximum Gasteiger partial charge on any atom is 0.247 e. The summed E-state index contributed by atoms with van der Waals surface area (Å²) in [5.74, 6) is 0.343. The summed E-state index contributed by atoms with van der Waals surface area (Å²) >= 11 is 0. The normalized spacial score (nSPS) is 15.2. The maximum absolute atomic E-state index is 12.3. The van der Waals surface area contributed by atoms with Crippen molar-refractivity contribution < 1.29 is 4.79 Å². The number of nitrogens with zero attached hydrogens (tertiary/aromatic N) is 3. The molecule has 7 heteroatoms. The van der Waals surface area contributed by atoms with Crippen LogP contribution < -0.4 is 11.1 Å². The van der Waals surface area contributed by atoms with Gasteiger partial charge in [0.05, 0.1) is 5.69 Å². The highest BCUT2D eigenvalue weighted by Gasteiger charge is 2.24. The molecule has 1 aliphatic rings. The zero-order valence-corrected chi connectivity index (χ0v) is 25.9. The lowest BCUT2D eigenvalue weighted by Crippen LogP contribution is -2.29. The third kappa shape index (κ3) is 5.90. The van der Waals surface area contributed by atoms with Gasteiger partial charge in [-0.2, -0.15) is 0 Å². The van der Waals surface area contributed by atoms with Crippen LogP contribution in [0.1, 0.15) is 54.9 Å². The molecular weight excluding hydrogens is 532 g/mol. The predicted molar refractivity (Wildman–Crippen MR) is 181 cm³/mol. The van der Waals surface area contributed by atoms with Crippen LogP contribution in [-0.4, -0.2) is 53.7 Å². The Labute approximate surface area is 254 Å². The first-order chi connectivity index (χ1) is 20.8. The molecule has 5 rings (SSSR count). The average molecular weight is 575 g/mol. The van der Waals surface area contributed by atoms with Gasteiger partial charge in [0.15, 0.2) is 0 Å². The van der Waals surface area contributed by atoms with E-state index in [1.165, 1.54) is 24.5 Å².